The van der Waals surface area contributed by atoms with Crippen LogP contribution in [0.25, 0.3) is 0 Å². The van der Waals surface area contributed by atoms with Gasteiger partial charge in [-0.1, -0.05) is 0 Å². The second-order valence-corrected chi connectivity index (χ2v) is 3.22. The molecule has 0 aromatic carbocycles. The number of carbonyl (C=O) groups is 1. The first-order valence-electron chi connectivity index (χ1n) is 5.55. The number of hydrogen-bond acceptors (Lipinski definition) is 4. The monoisotopic (exact) mass is 232 g/mol. The second-order valence-electron chi connectivity index (χ2n) is 3.22. The van der Waals surface area contributed by atoms with Gasteiger partial charge in [0, 0.05) is 19.2 Å². The van der Waals surface area contributed by atoms with Gasteiger partial charge < -0.3 is 10.1 Å². The molecule has 0 bridgehead atoms. The molecule has 0 saturated carbocycles. The molecule has 0 saturated heterocycles. The van der Waals surface area contributed by atoms with Crippen LogP contribution >= 0.6 is 0 Å². The molecule has 1 aromatic rings. The topological polar surface area (TPSA) is 51.2 Å². The number of aromatic nitrogens is 1. The van der Waals surface area contributed by atoms with E-state index in [1.807, 2.05) is 0 Å². The summed E-state index contributed by atoms with van der Waals surface area (Å²) in [7, 11) is 0. The van der Waals surface area contributed by atoms with Crippen molar-refractivity contribution in [2.45, 2.75) is 20.3 Å². The number of rotatable bonds is 5. The maximum Gasteiger partial charge on any atom is 0.341 e. The zero-order chi connectivity index (χ0) is 12.5. The predicted octanol–water partition coefficient (Wildman–Crippen LogP) is 2.08. The van der Waals surface area contributed by atoms with Gasteiger partial charge >= 0.3 is 5.97 Å². The van der Waals surface area contributed by atoms with Gasteiger partial charge in [-0.3, -0.25) is 0 Å². The fourth-order valence-corrected chi connectivity index (χ4v) is 1.29. The number of ether oxygens (including phenoxy) is 1. The Morgan fingerprint density at radius 2 is 2.41 bits per heavy atom. The molecule has 4 nitrogen and oxygen atoms in total. The van der Waals surface area contributed by atoms with Crippen molar-refractivity contribution in [1.82, 2.24) is 4.98 Å². The second kappa shape index (κ2) is 7.29. The molecule has 1 heterocycles. The molecule has 0 amide bonds. The van der Waals surface area contributed by atoms with Gasteiger partial charge in [0.1, 0.15) is 11.4 Å². The number of nitrogens with one attached hydrogen (secondary N) is 1. The molecule has 1 N–H and O–H groups in total. The minimum atomic E-state index is -0.357. The van der Waals surface area contributed by atoms with Crippen LogP contribution in [0.15, 0.2) is 18.3 Å². The third kappa shape index (κ3) is 4.15. The molecule has 0 fully saturated rings. The molecule has 1 rings (SSSR count). The Kier molecular flexibility index (Phi) is 5.59. The normalized spacial score (nSPS) is 9.06. The third-order valence-corrected chi connectivity index (χ3v) is 2.02. The average Bonchev–Trinajstić information content (AvgIpc) is 2.35. The Bertz CT molecular complexity index is 433. The maximum atomic E-state index is 11.6. The molecule has 0 unspecified atom stereocenters. The van der Waals surface area contributed by atoms with E-state index in [1.165, 1.54) is 0 Å². The van der Waals surface area contributed by atoms with Crippen LogP contribution in [0.3, 0.4) is 0 Å². The standard InChI is InChI=1S/C13H16N2O2/c1-3-5-6-9-14-12-11(8-7-10-15-12)13(16)17-4-2/h7-8,10H,4,6,9H2,1-2H3,(H,14,15). The van der Waals surface area contributed by atoms with Crippen molar-refractivity contribution in [3.8, 4) is 11.8 Å². The Balaban J connectivity index is 2.69. The summed E-state index contributed by atoms with van der Waals surface area (Å²) in [6.07, 6.45) is 2.35. The zero-order valence-electron chi connectivity index (χ0n) is 10.1. The van der Waals surface area contributed by atoms with E-state index >= 15 is 0 Å². The van der Waals surface area contributed by atoms with Crippen LogP contribution < -0.4 is 5.32 Å². The van der Waals surface area contributed by atoms with E-state index in [-0.39, 0.29) is 5.97 Å². The van der Waals surface area contributed by atoms with Gasteiger partial charge in [-0.05, 0) is 26.0 Å². The lowest BCUT2D eigenvalue weighted by Gasteiger charge is -2.08. The molecule has 1 aromatic heterocycles. The van der Waals surface area contributed by atoms with Crippen LogP contribution in [0, 0.1) is 11.8 Å². The smallest absolute Gasteiger partial charge is 0.341 e. The van der Waals surface area contributed by atoms with Crippen molar-refractivity contribution in [2.75, 3.05) is 18.5 Å². The summed E-state index contributed by atoms with van der Waals surface area (Å²) in [5, 5.41) is 3.07. The van der Waals surface area contributed by atoms with Crippen molar-refractivity contribution in [3.63, 3.8) is 0 Å². The van der Waals surface area contributed by atoms with Crippen LogP contribution in [-0.4, -0.2) is 24.1 Å². The lowest BCUT2D eigenvalue weighted by atomic mass is 10.2. The van der Waals surface area contributed by atoms with E-state index in [4.69, 9.17) is 4.74 Å². The molecule has 17 heavy (non-hydrogen) atoms. The highest BCUT2D eigenvalue weighted by atomic mass is 16.5. The van der Waals surface area contributed by atoms with Gasteiger partial charge in [-0.25, -0.2) is 9.78 Å². The summed E-state index contributed by atoms with van der Waals surface area (Å²) in [5.74, 6) is 5.93. The van der Waals surface area contributed by atoms with E-state index < -0.39 is 0 Å². The van der Waals surface area contributed by atoms with Crippen LogP contribution in [0.4, 0.5) is 5.82 Å². The fraction of sp³-hybridized carbons (Fsp3) is 0.385. The summed E-state index contributed by atoms with van der Waals surface area (Å²) in [5.41, 5.74) is 0.457. The fourth-order valence-electron chi connectivity index (χ4n) is 1.29. The highest BCUT2D eigenvalue weighted by Gasteiger charge is 2.12. The molecule has 0 spiro atoms. The highest BCUT2D eigenvalue weighted by molar-refractivity contribution is 5.94. The van der Waals surface area contributed by atoms with Crippen molar-refractivity contribution in [3.05, 3.63) is 23.9 Å². The van der Waals surface area contributed by atoms with Crippen LogP contribution in [-0.2, 0) is 4.74 Å². The largest absolute Gasteiger partial charge is 0.462 e. The minimum absolute atomic E-state index is 0.356. The summed E-state index contributed by atoms with van der Waals surface area (Å²) in [4.78, 5) is 15.7. The van der Waals surface area contributed by atoms with E-state index in [9.17, 15) is 4.79 Å². The number of carbonyl (C=O) groups excluding carboxylic acids is 1. The van der Waals surface area contributed by atoms with Crippen LogP contribution in [0.5, 0.6) is 0 Å². The zero-order valence-corrected chi connectivity index (χ0v) is 10.1. The van der Waals surface area contributed by atoms with E-state index in [0.717, 1.165) is 6.42 Å². The molecule has 0 radical (unpaired) electrons. The van der Waals surface area contributed by atoms with Crippen LogP contribution in [0.1, 0.15) is 30.6 Å². The maximum absolute atomic E-state index is 11.6. The molecule has 0 aliphatic rings. The van der Waals surface area contributed by atoms with Crippen molar-refractivity contribution < 1.29 is 9.53 Å². The lowest BCUT2D eigenvalue weighted by Crippen LogP contribution is -2.11. The van der Waals surface area contributed by atoms with Gasteiger partial charge in [-0.15, -0.1) is 11.8 Å². The first-order valence-corrected chi connectivity index (χ1v) is 5.55. The molecule has 0 aliphatic carbocycles. The van der Waals surface area contributed by atoms with Gasteiger partial charge in [-0.2, -0.15) is 0 Å². The quantitative estimate of drug-likeness (QED) is 0.480. The van der Waals surface area contributed by atoms with Gasteiger partial charge in [0.15, 0.2) is 0 Å². The lowest BCUT2D eigenvalue weighted by molar-refractivity contribution is 0.0527. The number of hydrogen-bond donors (Lipinski definition) is 1. The van der Waals surface area contributed by atoms with Gasteiger partial charge in [0.25, 0.3) is 0 Å². The first kappa shape index (κ1) is 13.0. The summed E-state index contributed by atoms with van der Waals surface area (Å²) >= 11 is 0. The predicted molar refractivity (Wildman–Crippen MR) is 66.8 cm³/mol. The minimum Gasteiger partial charge on any atom is -0.462 e. The molecule has 0 aliphatic heterocycles. The number of nitrogens with zero attached hydrogens (tertiary/aromatic N) is 1. The van der Waals surface area contributed by atoms with E-state index in [1.54, 1.807) is 32.2 Å². The summed E-state index contributed by atoms with van der Waals surface area (Å²) in [6, 6.07) is 3.40. The molecule has 4 heteroatoms. The highest BCUT2D eigenvalue weighted by Crippen LogP contribution is 2.12. The average molecular weight is 232 g/mol. The van der Waals surface area contributed by atoms with Crippen LogP contribution in [0.2, 0.25) is 0 Å². The third-order valence-electron chi connectivity index (χ3n) is 2.02. The van der Waals surface area contributed by atoms with Crippen molar-refractivity contribution >= 4 is 11.8 Å². The SMILES string of the molecule is CC#CCCNc1ncccc1C(=O)OCC. The number of esters is 1. The van der Waals surface area contributed by atoms with Gasteiger partial charge in [0.05, 0.1) is 6.61 Å². The van der Waals surface area contributed by atoms with Crippen molar-refractivity contribution in [1.29, 1.82) is 0 Å². The Morgan fingerprint density at radius 3 is 3.12 bits per heavy atom. The molecule has 0 atom stereocenters. The molecule has 90 valence electrons. The van der Waals surface area contributed by atoms with Gasteiger partial charge in [0.2, 0.25) is 0 Å². The Morgan fingerprint density at radius 1 is 1.59 bits per heavy atom. The number of anilines is 1. The Labute approximate surface area is 101 Å². The van der Waals surface area contributed by atoms with Crippen molar-refractivity contribution in [2.24, 2.45) is 0 Å². The Hall–Kier alpha value is -2.02. The number of pyridine rings is 1. The van der Waals surface area contributed by atoms with E-state index in [2.05, 4.69) is 22.1 Å². The summed E-state index contributed by atoms with van der Waals surface area (Å²) < 4.78 is 4.95. The molecular formula is C13H16N2O2. The van der Waals surface area contributed by atoms with E-state index in [0.29, 0.717) is 24.5 Å². The first-order chi connectivity index (χ1) is 8.29. The molecular weight excluding hydrogens is 216 g/mol. The summed E-state index contributed by atoms with van der Waals surface area (Å²) in [6.45, 7) is 4.59.